The minimum Gasteiger partial charge on any atom is -0.392 e. The molecule has 2 atom stereocenters. The van der Waals surface area contributed by atoms with Crippen molar-refractivity contribution in [3.63, 3.8) is 0 Å². The van der Waals surface area contributed by atoms with Gasteiger partial charge in [0.1, 0.15) is 0 Å². The molecule has 0 heterocycles. The molecule has 0 saturated heterocycles. The van der Waals surface area contributed by atoms with Crippen molar-refractivity contribution in [3.05, 3.63) is 48.6 Å². The molecule has 0 saturated carbocycles. The fourth-order valence-electron chi connectivity index (χ4n) is 1.82. The molecule has 82 valence electrons. The Bertz CT molecular complexity index is 289. The maximum absolute atomic E-state index is 10.1. The van der Waals surface area contributed by atoms with Crippen LogP contribution in [0.4, 0.5) is 0 Å². The summed E-state index contributed by atoms with van der Waals surface area (Å²) in [5.41, 5.74) is 1.14. The van der Waals surface area contributed by atoms with Crippen LogP contribution in [0, 0.1) is 5.92 Å². The van der Waals surface area contributed by atoms with Crippen molar-refractivity contribution in [1.29, 1.82) is 0 Å². The summed E-state index contributed by atoms with van der Waals surface area (Å²) >= 11 is 0. The van der Waals surface area contributed by atoms with E-state index in [0.29, 0.717) is 5.92 Å². The van der Waals surface area contributed by atoms with Crippen LogP contribution < -0.4 is 0 Å². The lowest BCUT2D eigenvalue weighted by Crippen LogP contribution is -2.18. The molecule has 0 aromatic heterocycles. The van der Waals surface area contributed by atoms with E-state index >= 15 is 0 Å². The Hall–Kier alpha value is -1.08. The second-order valence-electron chi connectivity index (χ2n) is 4.37. The molecule has 0 aliphatic carbocycles. The lowest BCUT2D eigenvalue weighted by atomic mass is 9.89. The van der Waals surface area contributed by atoms with Crippen molar-refractivity contribution in [2.45, 2.75) is 32.3 Å². The van der Waals surface area contributed by atoms with E-state index in [0.717, 1.165) is 12.0 Å². The molecule has 15 heavy (non-hydrogen) atoms. The average Bonchev–Trinajstić information content (AvgIpc) is 2.19. The standard InChI is InChI=1S/C14H20O/c1-4-13(14(15)10-11(2)3)12-8-6-5-7-9-12/h4-9,11,13-15H,1,10H2,2-3H3/t13-,14-/m1/s1. The molecule has 1 aromatic rings. The van der Waals surface area contributed by atoms with Gasteiger partial charge in [0.05, 0.1) is 6.10 Å². The van der Waals surface area contributed by atoms with Crippen LogP contribution in [0.25, 0.3) is 0 Å². The SMILES string of the molecule is C=C[C@H](c1ccccc1)[C@H](O)CC(C)C. The minimum absolute atomic E-state index is 0.0496. The quantitative estimate of drug-likeness (QED) is 0.729. The third-order valence-electron chi connectivity index (χ3n) is 2.57. The van der Waals surface area contributed by atoms with Gasteiger partial charge in [0.15, 0.2) is 0 Å². The van der Waals surface area contributed by atoms with Crippen LogP contribution in [0.5, 0.6) is 0 Å². The van der Waals surface area contributed by atoms with E-state index in [4.69, 9.17) is 0 Å². The summed E-state index contributed by atoms with van der Waals surface area (Å²) in [5, 5.41) is 10.1. The van der Waals surface area contributed by atoms with Crippen LogP contribution in [0.15, 0.2) is 43.0 Å². The molecule has 0 unspecified atom stereocenters. The predicted molar refractivity (Wildman–Crippen MR) is 64.8 cm³/mol. The fraction of sp³-hybridized carbons (Fsp3) is 0.429. The van der Waals surface area contributed by atoms with Crippen LogP contribution >= 0.6 is 0 Å². The maximum Gasteiger partial charge on any atom is 0.0645 e. The van der Waals surface area contributed by atoms with Gasteiger partial charge >= 0.3 is 0 Å². The zero-order chi connectivity index (χ0) is 11.3. The van der Waals surface area contributed by atoms with Crippen molar-refractivity contribution in [2.24, 2.45) is 5.92 Å². The summed E-state index contributed by atoms with van der Waals surface area (Å²) in [4.78, 5) is 0. The van der Waals surface area contributed by atoms with Gasteiger partial charge in [-0.15, -0.1) is 6.58 Å². The molecular formula is C14H20O. The van der Waals surface area contributed by atoms with Gasteiger partial charge in [0, 0.05) is 5.92 Å². The largest absolute Gasteiger partial charge is 0.392 e. The molecule has 0 aliphatic rings. The molecule has 1 aromatic carbocycles. The third-order valence-corrected chi connectivity index (χ3v) is 2.57. The van der Waals surface area contributed by atoms with Gasteiger partial charge in [-0.2, -0.15) is 0 Å². The summed E-state index contributed by atoms with van der Waals surface area (Å²) < 4.78 is 0. The van der Waals surface area contributed by atoms with E-state index in [1.165, 1.54) is 0 Å². The second-order valence-corrected chi connectivity index (χ2v) is 4.37. The van der Waals surface area contributed by atoms with Crippen LogP contribution in [0.2, 0.25) is 0 Å². The molecule has 0 spiro atoms. The van der Waals surface area contributed by atoms with Crippen LogP contribution in [-0.2, 0) is 0 Å². The van der Waals surface area contributed by atoms with Crippen molar-refractivity contribution in [3.8, 4) is 0 Å². The first kappa shape index (κ1) is 12.0. The highest BCUT2D eigenvalue weighted by molar-refractivity contribution is 5.24. The predicted octanol–water partition coefficient (Wildman–Crippen LogP) is 3.36. The van der Waals surface area contributed by atoms with E-state index < -0.39 is 0 Å². The Labute approximate surface area is 92.5 Å². The fourth-order valence-corrected chi connectivity index (χ4v) is 1.82. The number of aliphatic hydroxyl groups excluding tert-OH is 1. The first-order valence-corrected chi connectivity index (χ1v) is 5.50. The molecular weight excluding hydrogens is 184 g/mol. The zero-order valence-corrected chi connectivity index (χ0v) is 9.56. The summed E-state index contributed by atoms with van der Waals surface area (Å²) in [6, 6.07) is 10.0. The summed E-state index contributed by atoms with van der Waals surface area (Å²) in [6.07, 6.45) is 2.32. The molecule has 0 amide bonds. The lowest BCUT2D eigenvalue weighted by molar-refractivity contribution is 0.134. The summed E-state index contributed by atoms with van der Waals surface area (Å²) in [6.45, 7) is 8.04. The maximum atomic E-state index is 10.1. The number of aliphatic hydroxyl groups is 1. The highest BCUT2D eigenvalue weighted by Crippen LogP contribution is 2.24. The highest BCUT2D eigenvalue weighted by atomic mass is 16.3. The van der Waals surface area contributed by atoms with Gasteiger partial charge in [-0.3, -0.25) is 0 Å². The minimum atomic E-state index is -0.329. The molecule has 0 fully saturated rings. The molecule has 0 radical (unpaired) electrons. The van der Waals surface area contributed by atoms with Crippen molar-refractivity contribution in [2.75, 3.05) is 0 Å². The molecule has 1 rings (SSSR count). The van der Waals surface area contributed by atoms with E-state index in [2.05, 4.69) is 20.4 Å². The molecule has 0 aliphatic heterocycles. The monoisotopic (exact) mass is 204 g/mol. The van der Waals surface area contributed by atoms with Crippen molar-refractivity contribution in [1.82, 2.24) is 0 Å². The van der Waals surface area contributed by atoms with E-state index in [1.807, 2.05) is 36.4 Å². The zero-order valence-electron chi connectivity index (χ0n) is 9.56. The van der Waals surface area contributed by atoms with Crippen LogP contribution in [-0.4, -0.2) is 11.2 Å². The Morgan fingerprint density at radius 1 is 1.27 bits per heavy atom. The molecule has 0 bridgehead atoms. The second kappa shape index (κ2) is 5.72. The smallest absolute Gasteiger partial charge is 0.0645 e. The summed E-state index contributed by atoms with van der Waals surface area (Å²) in [7, 11) is 0. The average molecular weight is 204 g/mol. The lowest BCUT2D eigenvalue weighted by Gasteiger charge is -2.21. The number of rotatable bonds is 5. The number of hydrogen-bond donors (Lipinski definition) is 1. The highest BCUT2D eigenvalue weighted by Gasteiger charge is 2.18. The van der Waals surface area contributed by atoms with Gasteiger partial charge in [-0.05, 0) is 17.9 Å². The normalized spacial score (nSPS) is 14.9. The first-order chi connectivity index (χ1) is 7.15. The van der Waals surface area contributed by atoms with Crippen molar-refractivity contribution < 1.29 is 5.11 Å². The number of hydrogen-bond acceptors (Lipinski definition) is 1. The Kier molecular flexibility index (Phi) is 4.57. The Morgan fingerprint density at radius 2 is 1.87 bits per heavy atom. The molecule has 1 N–H and O–H groups in total. The van der Waals surface area contributed by atoms with Gasteiger partial charge in [-0.25, -0.2) is 0 Å². The Morgan fingerprint density at radius 3 is 2.33 bits per heavy atom. The molecule has 1 heteroatoms. The van der Waals surface area contributed by atoms with Gasteiger partial charge in [0.2, 0.25) is 0 Å². The van der Waals surface area contributed by atoms with E-state index in [9.17, 15) is 5.11 Å². The van der Waals surface area contributed by atoms with Crippen LogP contribution in [0.1, 0.15) is 31.7 Å². The van der Waals surface area contributed by atoms with Gasteiger partial charge < -0.3 is 5.11 Å². The van der Waals surface area contributed by atoms with E-state index in [-0.39, 0.29) is 12.0 Å². The van der Waals surface area contributed by atoms with E-state index in [1.54, 1.807) is 0 Å². The topological polar surface area (TPSA) is 20.2 Å². The number of benzene rings is 1. The third kappa shape index (κ3) is 3.52. The first-order valence-electron chi connectivity index (χ1n) is 5.50. The van der Waals surface area contributed by atoms with Gasteiger partial charge in [0.25, 0.3) is 0 Å². The van der Waals surface area contributed by atoms with Crippen LogP contribution in [0.3, 0.4) is 0 Å². The molecule has 1 nitrogen and oxygen atoms in total. The van der Waals surface area contributed by atoms with Crippen molar-refractivity contribution >= 4 is 0 Å². The summed E-state index contributed by atoms with van der Waals surface area (Å²) in [5.74, 6) is 0.555. The Balaban J connectivity index is 2.75. The van der Waals surface area contributed by atoms with Gasteiger partial charge in [-0.1, -0.05) is 50.3 Å².